The Morgan fingerprint density at radius 1 is 1.80 bits per heavy atom. The minimum Gasteiger partial charge on any atom is -0.325 e. The Morgan fingerprint density at radius 2 is 2.50 bits per heavy atom. The lowest BCUT2D eigenvalue weighted by Gasteiger charge is -1.98. The third-order valence-electron chi connectivity index (χ3n) is 1.44. The van der Waals surface area contributed by atoms with E-state index in [4.69, 9.17) is 5.73 Å². The predicted octanol–water partition coefficient (Wildman–Crippen LogP) is 0.601. The van der Waals surface area contributed by atoms with E-state index in [9.17, 15) is 0 Å². The molecule has 0 aliphatic carbocycles. The van der Waals surface area contributed by atoms with Crippen molar-refractivity contribution in [1.82, 2.24) is 9.78 Å². The third-order valence-corrected chi connectivity index (χ3v) is 2.22. The first-order valence-corrected chi connectivity index (χ1v) is 4.27. The standard InChI is InChI=1S/C6H11N3S/c1-9-5(3-7)6(10-2)4-8-9/h4H,3,7H2,1-2H3. The van der Waals surface area contributed by atoms with Crippen molar-refractivity contribution in [3.05, 3.63) is 11.9 Å². The van der Waals surface area contributed by atoms with Crippen LogP contribution >= 0.6 is 11.8 Å². The number of nitrogens with two attached hydrogens (primary N) is 1. The fourth-order valence-corrected chi connectivity index (χ4v) is 1.45. The highest BCUT2D eigenvalue weighted by Crippen LogP contribution is 2.17. The fraction of sp³-hybridized carbons (Fsp3) is 0.500. The summed E-state index contributed by atoms with van der Waals surface area (Å²) in [5.41, 5.74) is 6.60. The van der Waals surface area contributed by atoms with Gasteiger partial charge in [0.1, 0.15) is 0 Å². The molecule has 4 heteroatoms. The molecular formula is C6H11N3S. The molecule has 1 heterocycles. The van der Waals surface area contributed by atoms with E-state index in [1.165, 1.54) is 4.90 Å². The molecule has 0 amide bonds. The molecule has 0 unspecified atom stereocenters. The van der Waals surface area contributed by atoms with E-state index in [0.29, 0.717) is 6.54 Å². The smallest absolute Gasteiger partial charge is 0.0652 e. The van der Waals surface area contributed by atoms with Gasteiger partial charge in [-0.25, -0.2) is 0 Å². The molecule has 1 rings (SSSR count). The van der Waals surface area contributed by atoms with Crippen LogP contribution in [0.4, 0.5) is 0 Å². The Morgan fingerprint density at radius 3 is 2.90 bits per heavy atom. The Kier molecular flexibility index (Phi) is 2.34. The highest BCUT2D eigenvalue weighted by Gasteiger charge is 2.03. The van der Waals surface area contributed by atoms with Crippen LogP contribution in [0.1, 0.15) is 5.69 Å². The highest BCUT2D eigenvalue weighted by atomic mass is 32.2. The second-order valence-electron chi connectivity index (χ2n) is 1.99. The van der Waals surface area contributed by atoms with Gasteiger partial charge in [-0.15, -0.1) is 11.8 Å². The van der Waals surface area contributed by atoms with Crippen LogP contribution in [0.25, 0.3) is 0 Å². The molecule has 0 spiro atoms. The van der Waals surface area contributed by atoms with Gasteiger partial charge < -0.3 is 5.73 Å². The van der Waals surface area contributed by atoms with E-state index in [1.807, 2.05) is 24.2 Å². The maximum absolute atomic E-state index is 5.50. The molecule has 0 atom stereocenters. The van der Waals surface area contributed by atoms with Crippen molar-refractivity contribution in [3.8, 4) is 0 Å². The van der Waals surface area contributed by atoms with Gasteiger partial charge in [-0.1, -0.05) is 0 Å². The Hall–Kier alpha value is -0.480. The lowest BCUT2D eigenvalue weighted by Crippen LogP contribution is -2.04. The fourth-order valence-electron chi connectivity index (χ4n) is 0.846. The van der Waals surface area contributed by atoms with E-state index in [0.717, 1.165) is 5.69 Å². The summed E-state index contributed by atoms with van der Waals surface area (Å²) >= 11 is 1.68. The third kappa shape index (κ3) is 1.17. The number of thioether (sulfide) groups is 1. The molecule has 2 N–H and O–H groups in total. The van der Waals surface area contributed by atoms with Crippen molar-refractivity contribution in [2.45, 2.75) is 11.4 Å². The van der Waals surface area contributed by atoms with Gasteiger partial charge >= 0.3 is 0 Å². The first-order valence-electron chi connectivity index (χ1n) is 3.04. The summed E-state index contributed by atoms with van der Waals surface area (Å²) < 4.78 is 1.81. The first kappa shape index (κ1) is 7.63. The zero-order chi connectivity index (χ0) is 7.56. The highest BCUT2D eigenvalue weighted by molar-refractivity contribution is 7.98. The maximum atomic E-state index is 5.50. The second kappa shape index (κ2) is 3.07. The van der Waals surface area contributed by atoms with Gasteiger partial charge in [0.05, 0.1) is 11.9 Å². The molecule has 0 bridgehead atoms. The molecule has 0 aliphatic rings. The molecule has 1 aromatic heterocycles. The van der Waals surface area contributed by atoms with Crippen LogP contribution in [0, 0.1) is 0 Å². The number of aryl methyl sites for hydroxylation is 1. The molecule has 0 radical (unpaired) electrons. The monoisotopic (exact) mass is 157 g/mol. The van der Waals surface area contributed by atoms with Gasteiger partial charge in [0.2, 0.25) is 0 Å². The van der Waals surface area contributed by atoms with Gasteiger partial charge in [0.15, 0.2) is 0 Å². The van der Waals surface area contributed by atoms with Crippen LogP contribution in [0.3, 0.4) is 0 Å². The maximum Gasteiger partial charge on any atom is 0.0652 e. The van der Waals surface area contributed by atoms with Crippen LogP contribution < -0.4 is 5.73 Å². The molecule has 0 aliphatic heterocycles. The van der Waals surface area contributed by atoms with Crippen molar-refractivity contribution < 1.29 is 0 Å². The zero-order valence-electron chi connectivity index (χ0n) is 6.16. The topological polar surface area (TPSA) is 43.8 Å². The summed E-state index contributed by atoms with van der Waals surface area (Å²) in [4.78, 5) is 1.17. The van der Waals surface area contributed by atoms with Crippen molar-refractivity contribution in [2.75, 3.05) is 6.26 Å². The van der Waals surface area contributed by atoms with Gasteiger partial charge in [0, 0.05) is 18.5 Å². The van der Waals surface area contributed by atoms with Crippen LogP contribution in [-0.2, 0) is 13.6 Å². The average Bonchev–Trinajstić information content (AvgIpc) is 2.30. The molecule has 0 saturated heterocycles. The molecule has 0 aromatic carbocycles. The largest absolute Gasteiger partial charge is 0.325 e. The number of hydrogen-bond donors (Lipinski definition) is 1. The molecule has 0 saturated carbocycles. The van der Waals surface area contributed by atoms with E-state index in [-0.39, 0.29) is 0 Å². The molecule has 3 nitrogen and oxygen atoms in total. The Balaban J connectivity index is 3.01. The summed E-state index contributed by atoms with van der Waals surface area (Å²) in [6, 6.07) is 0. The number of nitrogens with zero attached hydrogens (tertiary/aromatic N) is 2. The number of rotatable bonds is 2. The average molecular weight is 157 g/mol. The second-order valence-corrected chi connectivity index (χ2v) is 2.84. The minimum absolute atomic E-state index is 0.562. The molecule has 1 aromatic rings. The minimum atomic E-state index is 0.562. The lowest BCUT2D eigenvalue weighted by molar-refractivity contribution is 0.707. The lowest BCUT2D eigenvalue weighted by atomic mass is 10.4. The molecular weight excluding hydrogens is 146 g/mol. The molecule has 0 fully saturated rings. The van der Waals surface area contributed by atoms with Crippen LogP contribution in [-0.4, -0.2) is 16.0 Å². The van der Waals surface area contributed by atoms with Gasteiger partial charge in [-0.2, -0.15) is 5.10 Å². The number of aromatic nitrogens is 2. The summed E-state index contributed by atoms with van der Waals surface area (Å²) in [5.74, 6) is 0. The zero-order valence-corrected chi connectivity index (χ0v) is 6.98. The Labute approximate surface area is 64.6 Å². The van der Waals surface area contributed by atoms with Crippen LogP contribution in [0.15, 0.2) is 11.1 Å². The normalized spacial score (nSPS) is 10.3. The molecule has 10 heavy (non-hydrogen) atoms. The summed E-state index contributed by atoms with van der Waals surface area (Å²) in [7, 11) is 1.90. The quantitative estimate of drug-likeness (QED) is 0.639. The van der Waals surface area contributed by atoms with E-state index < -0.39 is 0 Å². The Bertz CT molecular complexity index is 219. The van der Waals surface area contributed by atoms with E-state index in [1.54, 1.807) is 11.8 Å². The summed E-state index contributed by atoms with van der Waals surface area (Å²) in [6.45, 7) is 0.562. The van der Waals surface area contributed by atoms with Crippen molar-refractivity contribution in [3.63, 3.8) is 0 Å². The van der Waals surface area contributed by atoms with Crippen molar-refractivity contribution >= 4 is 11.8 Å². The van der Waals surface area contributed by atoms with E-state index >= 15 is 0 Å². The van der Waals surface area contributed by atoms with Crippen molar-refractivity contribution in [1.29, 1.82) is 0 Å². The SMILES string of the molecule is CSc1cnn(C)c1CN. The van der Waals surface area contributed by atoms with Gasteiger partial charge in [-0.3, -0.25) is 4.68 Å². The summed E-state index contributed by atoms with van der Waals surface area (Å²) in [6.07, 6.45) is 3.86. The van der Waals surface area contributed by atoms with Gasteiger partial charge in [0.25, 0.3) is 0 Å². The summed E-state index contributed by atoms with van der Waals surface area (Å²) in [5, 5.41) is 4.07. The molecule has 56 valence electrons. The van der Waals surface area contributed by atoms with Crippen LogP contribution in [0.5, 0.6) is 0 Å². The van der Waals surface area contributed by atoms with Gasteiger partial charge in [-0.05, 0) is 6.26 Å². The van der Waals surface area contributed by atoms with E-state index in [2.05, 4.69) is 5.10 Å². The first-order chi connectivity index (χ1) is 4.79. The predicted molar refractivity (Wildman–Crippen MR) is 42.9 cm³/mol. The van der Waals surface area contributed by atoms with Crippen LogP contribution in [0.2, 0.25) is 0 Å². The van der Waals surface area contributed by atoms with Crippen molar-refractivity contribution in [2.24, 2.45) is 12.8 Å². The number of hydrogen-bond acceptors (Lipinski definition) is 3.